The first-order valence-corrected chi connectivity index (χ1v) is 6.17. The second-order valence-electron chi connectivity index (χ2n) is 3.79. The third kappa shape index (κ3) is 2.08. The number of hydroxylamine groups is 2. The molecule has 0 saturated carbocycles. The van der Waals surface area contributed by atoms with Gasteiger partial charge in [-0.05, 0) is 40.2 Å². The molecule has 0 unspecified atom stereocenters. The molecule has 0 fully saturated rings. The van der Waals surface area contributed by atoms with E-state index in [-0.39, 0.29) is 0 Å². The minimum atomic E-state index is 0.747. The average Bonchev–Trinajstić information content (AvgIpc) is 2.73. The first-order chi connectivity index (χ1) is 8.33. The fourth-order valence-electron chi connectivity index (χ4n) is 1.81. The van der Waals surface area contributed by atoms with Gasteiger partial charge in [-0.3, -0.25) is 0 Å². The van der Waals surface area contributed by atoms with Gasteiger partial charge in [0, 0.05) is 10.7 Å². The van der Waals surface area contributed by atoms with Crippen LogP contribution in [-0.4, -0.2) is 11.6 Å². The molecular weight excluding hydrogens is 280 g/mol. The van der Waals surface area contributed by atoms with Crippen molar-refractivity contribution in [3.63, 3.8) is 0 Å². The van der Waals surface area contributed by atoms with Crippen LogP contribution in [0.2, 0.25) is 0 Å². The molecule has 0 spiro atoms. The Kier molecular flexibility index (Phi) is 2.65. The Morgan fingerprint density at radius 2 is 2.06 bits per heavy atom. The van der Waals surface area contributed by atoms with Gasteiger partial charge in [0.25, 0.3) is 0 Å². The van der Waals surface area contributed by atoms with Crippen LogP contribution in [0.5, 0.6) is 5.75 Å². The molecule has 0 radical (unpaired) electrons. The summed E-state index contributed by atoms with van der Waals surface area (Å²) < 4.78 is 1.01. The highest BCUT2D eigenvalue weighted by Crippen LogP contribution is 2.28. The van der Waals surface area contributed by atoms with Crippen molar-refractivity contribution >= 4 is 15.9 Å². The summed E-state index contributed by atoms with van der Waals surface area (Å²) in [6, 6.07) is 9.78. The van der Waals surface area contributed by atoms with Crippen LogP contribution in [-0.2, 0) is 0 Å². The predicted octanol–water partition coefficient (Wildman–Crippen LogP) is 2.90. The normalized spacial score (nSPS) is 17.7. The van der Waals surface area contributed by atoms with Crippen LogP contribution in [0.25, 0.3) is 0 Å². The van der Waals surface area contributed by atoms with Gasteiger partial charge in [-0.25, -0.2) is 5.06 Å². The molecule has 2 aliphatic rings. The highest BCUT2D eigenvalue weighted by Gasteiger charge is 2.23. The van der Waals surface area contributed by atoms with Crippen molar-refractivity contribution < 1.29 is 4.84 Å². The summed E-state index contributed by atoms with van der Waals surface area (Å²) in [4.78, 5) is 5.82. The highest BCUT2D eigenvalue weighted by atomic mass is 79.9. The van der Waals surface area contributed by atoms with E-state index in [1.165, 1.54) is 0 Å². The van der Waals surface area contributed by atoms with Crippen LogP contribution in [0.3, 0.4) is 0 Å². The second kappa shape index (κ2) is 4.30. The van der Waals surface area contributed by atoms with Crippen molar-refractivity contribution in [1.29, 1.82) is 0 Å². The van der Waals surface area contributed by atoms with E-state index >= 15 is 0 Å². The van der Waals surface area contributed by atoms with Crippen molar-refractivity contribution in [2.24, 2.45) is 0 Å². The summed E-state index contributed by atoms with van der Waals surface area (Å²) in [6.45, 7) is 0.747. The van der Waals surface area contributed by atoms with E-state index in [0.717, 1.165) is 28.2 Å². The third-order valence-electron chi connectivity index (χ3n) is 2.60. The van der Waals surface area contributed by atoms with Crippen LogP contribution in [0, 0.1) is 0 Å². The van der Waals surface area contributed by atoms with Crippen LogP contribution in [0.15, 0.2) is 64.6 Å². The van der Waals surface area contributed by atoms with Gasteiger partial charge in [0.1, 0.15) is 0 Å². The van der Waals surface area contributed by atoms with Crippen LogP contribution >= 0.6 is 15.9 Å². The molecule has 3 nitrogen and oxygen atoms in total. The Morgan fingerprint density at radius 3 is 2.88 bits per heavy atom. The van der Waals surface area contributed by atoms with E-state index in [1.54, 1.807) is 0 Å². The number of nitrogens with one attached hydrogen (secondary N) is 1. The lowest BCUT2D eigenvalue weighted by molar-refractivity contribution is -0.00156. The van der Waals surface area contributed by atoms with Crippen LogP contribution in [0.1, 0.15) is 0 Å². The topological polar surface area (TPSA) is 24.5 Å². The Balaban J connectivity index is 1.81. The van der Waals surface area contributed by atoms with Gasteiger partial charge in [0.15, 0.2) is 5.75 Å². The van der Waals surface area contributed by atoms with Crippen molar-refractivity contribution in [2.45, 2.75) is 0 Å². The maximum atomic E-state index is 5.82. The Labute approximate surface area is 108 Å². The number of hydrogen-bond acceptors (Lipinski definition) is 3. The smallest absolute Gasteiger partial charge is 0.155 e. The standard InChI is InChI=1S/C13H11BrN2O/c14-10-8-13-12(15-9-10)6-7-16(13)17-11-4-2-1-3-5-11/h1-6,8-9,15H,7H2. The fraction of sp³-hybridized carbons (Fsp3) is 0.0769. The molecule has 86 valence electrons. The Hall–Kier alpha value is -1.68. The molecule has 0 amide bonds. The van der Waals surface area contributed by atoms with Crippen molar-refractivity contribution in [3.8, 4) is 5.75 Å². The Bertz CT molecular complexity index is 519. The summed E-state index contributed by atoms with van der Waals surface area (Å²) in [7, 11) is 0. The molecule has 2 heterocycles. The van der Waals surface area contributed by atoms with Gasteiger partial charge in [0.05, 0.1) is 17.9 Å². The molecule has 1 N–H and O–H groups in total. The second-order valence-corrected chi connectivity index (χ2v) is 4.70. The maximum absolute atomic E-state index is 5.82. The fourth-order valence-corrected chi connectivity index (χ4v) is 2.14. The van der Waals surface area contributed by atoms with Gasteiger partial charge < -0.3 is 10.2 Å². The molecule has 0 saturated heterocycles. The third-order valence-corrected chi connectivity index (χ3v) is 3.06. The lowest BCUT2D eigenvalue weighted by Crippen LogP contribution is -2.26. The monoisotopic (exact) mass is 290 g/mol. The first-order valence-electron chi connectivity index (χ1n) is 5.38. The summed E-state index contributed by atoms with van der Waals surface area (Å²) >= 11 is 3.45. The lowest BCUT2D eigenvalue weighted by atomic mass is 10.3. The molecule has 0 aromatic heterocycles. The number of dihydropyridines is 1. The summed E-state index contributed by atoms with van der Waals surface area (Å²) in [6.07, 6.45) is 6.06. The van der Waals surface area contributed by atoms with Crippen LogP contribution < -0.4 is 10.2 Å². The molecule has 0 bridgehead atoms. The molecule has 3 rings (SSSR count). The predicted molar refractivity (Wildman–Crippen MR) is 70.1 cm³/mol. The number of hydrogen-bond donors (Lipinski definition) is 1. The van der Waals surface area contributed by atoms with Crippen LogP contribution in [0.4, 0.5) is 0 Å². The highest BCUT2D eigenvalue weighted by molar-refractivity contribution is 9.11. The molecule has 4 heteroatoms. The quantitative estimate of drug-likeness (QED) is 0.906. The van der Waals surface area contributed by atoms with E-state index in [9.17, 15) is 0 Å². The largest absolute Gasteiger partial charge is 0.379 e. The molecule has 0 aliphatic carbocycles. The molecule has 0 atom stereocenters. The van der Waals surface area contributed by atoms with Gasteiger partial charge in [-0.2, -0.15) is 0 Å². The summed E-state index contributed by atoms with van der Waals surface area (Å²) in [5.41, 5.74) is 2.13. The number of allylic oxidation sites excluding steroid dienone is 2. The minimum Gasteiger partial charge on any atom is -0.379 e. The van der Waals surface area contributed by atoms with E-state index in [2.05, 4.69) is 27.3 Å². The van der Waals surface area contributed by atoms with Gasteiger partial charge >= 0.3 is 0 Å². The maximum Gasteiger partial charge on any atom is 0.155 e. The number of halogens is 1. The zero-order chi connectivity index (χ0) is 11.7. The van der Waals surface area contributed by atoms with Crippen molar-refractivity contribution in [1.82, 2.24) is 10.4 Å². The van der Waals surface area contributed by atoms with Gasteiger partial charge in [-0.1, -0.05) is 18.2 Å². The Morgan fingerprint density at radius 1 is 1.24 bits per heavy atom. The molecule has 1 aromatic carbocycles. The lowest BCUT2D eigenvalue weighted by Gasteiger charge is -2.23. The number of rotatable bonds is 2. The first kappa shape index (κ1) is 10.5. The molecule has 17 heavy (non-hydrogen) atoms. The van der Waals surface area contributed by atoms with Gasteiger partial charge in [0.2, 0.25) is 0 Å². The summed E-state index contributed by atoms with van der Waals surface area (Å²) in [5, 5.41) is 5.08. The minimum absolute atomic E-state index is 0.747. The van der Waals surface area contributed by atoms with E-state index in [1.807, 2.05) is 47.7 Å². The average molecular weight is 291 g/mol. The number of nitrogens with zero attached hydrogens (tertiary/aromatic N) is 1. The van der Waals surface area contributed by atoms with Crippen molar-refractivity contribution in [2.75, 3.05) is 6.54 Å². The number of fused-ring (bicyclic) bond motifs is 1. The van der Waals surface area contributed by atoms with Gasteiger partial charge in [-0.15, -0.1) is 0 Å². The summed E-state index contributed by atoms with van der Waals surface area (Å²) in [5.74, 6) is 0.841. The van der Waals surface area contributed by atoms with Crippen molar-refractivity contribution in [3.05, 3.63) is 64.6 Å². The van der Waals surface area contributed by atoms with E-state index in [0.29, 0.717) is 0 Å². The van der Waals surface area contributed by atoms with E-state index in [4.69, 9.17) is 4.84 Å². The SMILES string of the molecule is BrC1=CNC2=CCN(Oc3ccccc3)C2=C1. The molecule has 2 aliphatic heterocycles. The molecular formula is C13H11BrN2O. The number of benzene rings is 1. The molecule has 1 aromatic rings. The zero-order valence-corrected chi connectivity index (χ0v) is 10.6. The zero-order valence-electron chi connectivity index (χ0n) is 9.06. The van der Waals surface area contributed by atoms with E-state index < -0.39 is 0 Å². The number of para-hydroxylation sites is 1.